The van der Waals surface area contributed by atoms with Crippen molar-refractivity contribution in [3.8, 4) is 0 Å². The first-order valence-corrected chi connectivity index (χ1v) is 5.03. The van der Waals surface area contributed by atoms with E-state index in [9.17, 15) is 0 Å². The third kappa shape index (κ3) is 3.72. The van der Waals surface area contributed by atoms with E-state index in [0.29, 0.717) is 0 Å². The minimum Gasteiger partial charge on any atom is -0.147 e. The molecule has 0 amide bonds. The van der Waals surface area contributed by atoms with Gasteiger partial charge in [-0.05, 0) is 0 Å². The molecule has 0 fully saturated rings. The average Bonchev–Trinajstić information content (AvgIpc) is 2.15. The molecule has 1 rings (SSSR count). The first-order valence-electron chi connectivity index (χ1n) is 3.80. The summed E-state index contributed by atoms with van der Waals surface area (Å²) in [4.78, 5) is 0. The molecule has 0 aromatic carbocycles. The molecule has 0 saturated heterocycles. The molecular formula is C9H14ClZr. The molecule has 0 spiro atoms. The first-order chi connectivity index (χ1) is 4.70. The molecule has 61 valence electrons. The molecule has 11 heavy (non-hydrogen) atoms. The Balaban J connectivity index is 0.000001000. The summed E-state index contributed by atoms with van der Waals surface area (Å²) in [6.45, 7) is 4.56. The van der Waals surface area contributed by atoms with Crippen molar-refractivity contribution in [3.05, 3.63) is 21.0 Å². The van der Waals surface area contributed by atoms with Gasteiger partial charge >= 0.3 is 78.3 Å². The van der Waals surface area contributed by atoms with Crippen LogP contribution in [-0.4, -0.2) is 0 Å². The second kappa shape index (κ2) is 5.33. The maximum atomic E-state index is 2.30. The van der Waals surface area contributed by atoms with Gasteiger partial charge in [-0.25, -0.2) is 0 Å². The van der Waals surface area contributed by atoms with Crippen LogP contribution in [0.1, 0.15) is 26.7 Å². The zero-order chi connectivity index (χ0) is 7.56. The van der Waals surface area contributed by atoms with E-state index in [2.05, 4.69) is 26.0 Å². The minimum atomic E-state index is 0. The summed E-state index contributed by atoms with van der Waals surface area (Å²) < 4.78 is 1.65. The Hall–Kier alpha value is 0.653. The summed E-state index contributed by atoms with van der Waals surface area (Å²) in [5.74, 6) is 0.813. The average molecular weight is 249 g/mol. The molecule has 0 N–H and O–H groups in total. The van der Waals surface area contributed by atoms with Gasteiger partial charge in [-0.2, -0.15) is 0 Å². The molecule has 0 radical (unpaired) electrons. The maximum absolute atomic E-state index is 2.30. The van der Waals surface area contributed by atoms with Crippen LogP contribution in [0.4, 0.5) is 0 Å². The van der Waals surface area contributed by atoms with Crippen molar-refractivity contribution < 1.29 is 24.7 Å². The maximum Gasteiger partial charge on any atom is -0.147 e. The predicted octanol–water partition coefficient (Wildman–Crippen LogP) is 3.22. The molecular weight excluding hydrogens is 235 g/mol. The number of rotatable bonds is 2. The molecule has 0 bridgehead atoms. The molecule has 2 heteroatoms. The van der Waals surface area contributed by atoms with E-state index >= 15 is 0 Å². The van der Waals surface area contributed by atoms with Crippen LogP contribution in [0, 0.1) is 5.92 Å². The van der Waals surface area contributed by atoms with Crippen molar-refractivity contribution in [2.24, 2.45) is 5.92 Å². The van der Waals surface area contributed by atoms with Gasteiger partial charge in [0.15, 0.2) is 0 Å². The van der Waals surface area contributed by atoms with Gasteiger partial charge in [0.25, 0.3) is 0 Å². The van der Waals surface area contributed by atoms with E-state index in [1.165, 1.54) is 12.8 Å². The van der Waals surface area contributed by atoms with Gasteiger partial charge < -0.3 is 0 Å². The van der Waals surface area contributed by atoms with Crippen molar-refractivity contribution in [1.29, 1.82) is 0 Å². The van der Waals surface area contributed by atoms with E-state index in [0.717, 1.165) is 5.92 Å². The van der Waals surface area contributed by atoms with Gasteiger partial charge in [0.2, 0.25) is 0 Å². The summed E-state index contributed by atoms with van der Waals surface area (Å²) in [6, 6.07) is 0. The van der Waals surface area contributed by atoms with Crippen LogP contribution in [0.2, 0.25) is 0 Å². The fourth-order valence-corrected chi connectivity index (χ4v) is 1.93. The fraction of sp³-hybridized carbons (Fsp3) is 0.556. The minimum absolute atomic E-state index is 0. The Labute approximate surface area is 90.4 Å². The molecule has 0 heterocycles. The van der Waals surface area contributed by atoms with Crippen LogP contribution in [-0.2, 0) is 24.7 Å². The Morgan fingerprint density at radius 2 is 2.18 bits per heavy atom. The first kappa shape index (κ1) is 11.7. The van der Waals surface area contributed by atoms with Gasteiger partial charge in [-0.1, -0.05) is 0 Å². The largest absolute Gasteiger partial charge is 0.147 e. The van der Waals surface area contributed by atoms with Gasteiger partial charge in [0, 0.05) is 0 Å². The van der Waals surface area contributed by atoms with E-state index in [4.69, 9.17) is 0 Å². The quantitative estimate of drug-likeness (QED) is 0.704. The van der Waals surface area contributed by atoms with Crippen molar-refractivity contribution >= 4 is 12.4 Å². The second-order valence-electron chi connectivity index (χ2n) is 3.21. The Bertz CT molecular complexity index is 180. The second-order valence-corrected chi connectivity index (χ2v) is 4.69. The summed E-state index contributed by atoms with van der Waals surface area (Å²) >= 11 is 1.60. The molecule has 0 nitrogen and oxygen atoms in total. The third-order valence-corrected chi connectivity index (χ3v) is 2.95. The SMILES string of the molecule is CC(C)CC1=[C]([Zr])CC=C1.Cl. The van der Waals surface area contributed by atoms with E-state index < -0.39 is 0 Å². The number of halogens is 1. The van der Waals surface area contributed by atoms with Crippen LogP contribution < -0.4 is 0 Å². The van der Waals surface area contributed by atoms with Crippen LogP contribution in [0.15, 0.2) is 21.0 Å². The molecule has 0 saturated carbocycles. The smallest absolute Gasteiger partial charge is 0.147 e. The fourth-order valence-electron chi connectivity index (χ4n) is 1.18. The van der Waals surface area contributed by atoms with Gasteiger partial charge in [0.05, 0.1) is 0 Å². The monoisotopic (exact) mass is 247 g/mol. The molecule has 0 aromatic rings. The molecule has 0 unspecified atom stereocenters. The van der Waals surface area contributed by atoms with Crippen molar-refractivity contribution in [1.82, 2.24) is 0 Å². The Morgan fingerprint density at radius 1 is 1.55 bits per heavy atom. The number of hydrogen-bond acceptors (Lipinski definition) is 0. The Morgan fingerprint density at radius 3 is 2.55 bits per heavy atom. The molecule has 0 aliphatic heterocycles. The zero-order valence-electron chi connectivity index (χ0n) is 7.05. The van der Waals surface area contributed by atoms with E-state index in [1.54, 1.807) is 33.6 Å². The molecule has 1 aliphatic rings. The van der Waals surface area contributed by atoms with Gasteiger partial charge in [0.1, 0.15) is 0 Å². The predicted molar refractivity (Wildman–Crippen MR) is 47.5 cm³/mol. The van der Waals surface area contributed by atoms with Crippen LogP contribution in [0.5, 0.6) is 0 Å². The molecule has 0 atom stereocenters. The summed E-state index contributed by atoms with van der Waals surface area (Å²) in [5, 5.41) is 0. The van der Waals surface area contributed by atoms with Gasteiger partial charge in [-0.15, -0.1) is 12.4 Å². The number of allylic oxidation sites excluding steroid dienone is 4. The van der Waals surface area contributed by atoms with Crippen molar-refractivity contribution in [2.45, 2.75) is 26.7 Å². The molecule has 1 aliphatic carbocycles. The Kier molecular flexibility index (Phi) is 5.64. The summed E-state index contributed by atoms with van der Waals surface area (Å²) in [5.41, 5.74) is 1.60. The van der Waals surface area contributed by atoms with Crippen molar-refractivity contribution in [3.63, 3.8) is 0 Å². The van der Waals surface area contributed by atoms with E-state index in [1.807, 2.05) is 0 Å². The van der Waals surface area contributed by atoms with Crippen molar-refractivity contribution in [2.75, 3.05) is 0 Å². The van der Waals surface area contributed by atoms with Crippen LogP contribution in [0.3, 0.4) is 0 Å². The standard InChI is InChI=1S/C9H13.ClH.Zr/c1-8(2)7-9-5-3-4-6-9;;/h3,5,8H,4,7H2,1-2H3;1H;. The normalized spacial score (nSPS) is 15.8. The summed E-state index contributed by atoms with van der Waals surface area (Å²) in [6.07, 6.45) is 7.07. The number of hydrogen-bond donors (Lipinski definition) is 0. The molecule has 0 aromatic heterocycles. The van der Waals surface area contributed by atoms with Gasteiger partial charge in [-0.3, -0.25) is 0 Å². The summed E-state index contributed by atoms with van der Waals surface area (Å²) in [7, 11) is 0. The third-order valence-electron chi connectivity index (χ3n) is 1.66. The zero-order valence-corrected chi connectivity index (χ0v) is 10.3. The van der Waals surface area contributed by atoms with Crippen LogP contribution >= 0.6 is 12.4 Å². The van der Waals surface area contributed by atoms with Crippen LogP contribution in [0.25, 0.3) is 0 Å². The van der Waals surface area contributed by atoms with E-state index in [-0.39, 0.29) is 12.4 Å². The topological polar surface area (TPSA) is 0 Å².